The fraction of sp³-hybridized carbons (Fsp3) is 0.250. The summed E-state index contributed by atoms with van der Waals surface area (Å²) in [4.78, 5) is 19.0. The zero-order valence-corrected chi connectivity index (χ0v) is 10.6. The van der Waals surface area contributed by atoms with Crippen LogP contribution in [0.5, 0.6) is 0 Å². The maximum absolute atomic E-state index is 10.7. The van der Waals surface area contributed by atoms with Crippen molar-refractivity contribution in [3.05, 3.63) is 46.2 Å². The minimum absolute atomic E-state index is 0.158. The minimum Gasteiger partial charge on any atom is -0.478 e. The molecule has 2 rings (SSSR count). The summed E-state index contributed by atoms with van der Waals surface area (Å²) in [5.41, 5.74) is 1.01. The molecule has 2 heterocycles. The molecule has 94 valence electrons. The third-order valence-corrected chi connectivity index (χ3v) is 3.44. The molecule has 0 saturated heterocycles. The van der Waals surface area contributed by atoms with Crippen molar-refractivity contribution in [2.24, 2.45) is 0 Å². The Bertz CT molecular complexity index is 511. The zero-order chi connectivity index (χ0) is 13.0. The molecule has 2 aromatic heterocycles. The first-order valence-electron chi connectivity index (χ1n) is 5.48. The molecule has 0 aliphatic heterocycles. The number of thiazole rings is 1. The highest BCUT2D eigenvalue weighted by Crippen LogP contribution is 2.15. The number of aromatic nitrogens is 2. The molecule has 0 aromatic carbocycles. The third kappa shape index (κ3) is 3.12. The van der Waals surface area contributed by atoms with E-state index in [1.165, 1.54) is 6.20 Å². The Morgan fingerprint density at radius 3 is 2.89 bits per heavy atom. The van der Waals surface area contributed by atoms with E-state index >= 15 is 0 Å². The summed E-state index contributed by atoms with van der Waals surface area (Å²) in [6.45, 7) is 2.62. The molecule has 0 radical (unpaired) electrons. The van der Waals surface area contributed by atoms with E-state index in [4.69, 9.17) is 5.11 Å². The summed E-state index contributed by atoms with van der Waals surface area (Å²) < 4.78 is 0. The topological polar surface area (TPSA) is 75.1 Å². The fourth-order valence-corrected chi connectivity index (χ4v) is 2.12. The van der Waals surface area contributed by atoms with Gasteiger partial charge in [0.2, 0.25) is 0 Å². The van der Waals surface area contributed by atoms with Crippen molar-refractivity contribution >= 4 is 17.3 Å². The second kappa shape index (κ2) is 5.70. The Morgan fingerprint density at radius 1 is 1.50 bits per heavy atom. The molecule has 0 saturated carbocycles. The van der Waals surface area contributed by atoms with Gasteiger partial charge in [0.1, 0.15) is 5.01 Å². The van der Waals surface area contributed by atoms with Gasteiger partial charge in [0.25, 0.3) is 0 Å². The molecule has 18 heavy (non-hydrogen) atoms. The molecule has 1 unspecified atom stereocenters. The number of pyridine rings is 1. The number of hydrogen-bond donors (Lipinski definition) is 2. The molecule has 0 aliphatic carbocycles. The van der Waals surface area contributed by atoms with Crippen molar-refractivity contribution in [2.45, 2.75) is 19.5 Å². The summed E-state index contributed by atoms with van der Waals surface area (Å²) in [5, 5.41) is 15.0. The standard InChI is InChI=1S/C12H13N3O2S/c1-8(11-13-4-5-18-11)14-7-10-3-2-9(6-15-10)12(16)17/h2-6,8,14H,7H2,1H3,(H,16,17). The number of aromatic carboxylic acids is 1. The van der Waals surface area contributed by atoms with Crippen LogP contribution < -0.4 is 5.32 Å². The Kier molecular flexibility index (Phi) is 4.01. The summed E-state index contributed by atoms with van der Waals surface area (Å²) in [7, 11) is 0. The highest BCUT2D eigenvalue weighted by atomic mass is 32.1. The van der Waals surface area contributed by atoms with Crippen LogP contribution in [-0.2, 0) is 6.54 Å². The number of carbonyl (C=O) groups is 1. The van der Waals surface area contributed by atoms with Crippen LogP contribution in [-0.4, -0.2) is 21.0 Å². The maximum Gasteiger partial charge on any atom is 0.337 e. The molecule has 0 fully saturated rings. The Hall–Kier alpha value is -1.79. The van der Waals surface area contributed by atoms with Gasteiger partial charge in [0.05, 0.1) is 17.3 Å². The van der Waals surface area contributed by atoms with Crippen LogP contribution in [0.4, 0.5) is 0 Å². The van der Waals surface area contributed by atoms with Gasteiger partial charge in [-0.3, -0.25) is 4.98 Å². The van der Waals surface area contributed by atoms with Crippen LogP contribution in [0.25, 0.3) is 0 Å². The van der Waals surface area contributed by atoms with E-state index in [1.807, 2.05) is 12.3 Å². The summed E-state index contributed by atoms with van der Waals surface area (Å²) in [6, 6.07) is 3.43. The van der Waals surface area contributed by atoms with Crippen molar-refractivity contribution in [1.82, 2.24) is 15.3 Å². The number of hydrogen-bond acceptors (Lipinski definition) is 5. The average molecular weight is 263 g/mol. The van der Waals surface area contributed by atoms with Crippen LogP contribution in [0.3, 0.4) is 0 Å². The largest absolute Gasteiger partial charge is 0.478 e. The molecule has 1 atom stereocenters. The van der Waals surface area contributed by atoms with Crippen LogP contribution in [0, 0.1) is 0 Å². The fourth-order valence-electron chi connectivity index (χ4n) is 1.45. The summed E-state index contributed by atoms with van der Waals surface area (Å²) >= 11 is 1.60. The van der Waals surface area contributed by atoms with E-state index in [2.05, 4.69) is 15.3 Å². The number of carboxylic acid groups (broad SMARTS) is 1. The molecule has 2 N–H and O–H groups in total. The zero-order valence-electron chi connectivity index (χ0n) is 9.83. The van der Waals surface area contributed by atoms with Crippen molar-refractivity contribution in [2.75, 3.05) is 0 Å². The predicted molar refractivity (Wildman–Crippen MR) is 68.6 cm³/mol. The number of nitrogens with zero attached hydrogens (tertiary/aromatic N) is 2. The van der Waals surface area contributed by atoms with Gasteiger partial charge in [0, 0.05) is 24.3 Å². The van der Waals surface area contributed by atoms with E-state index in [-0.39, 0.29) is 11.6 Å². The molecule has 0 amide bonds. The van der Waals surface area contributed by atoms with Gasteiger partial charge in [-0.25, -0.2) is 9.78 Å². The van der Waals surface area contributed by atoms with Crippen molar-refractivity contribution in [1.29, 1.82) is 0 Å². The Morgan fingerprint density at radius 2 is 2.33 bits per heavy atom. The van der Waals surface area contributed by atoms with Gasteiger partial charge >= 0.3 is 5.97 Å². The van der Waals surface area contributed by atoms with E-state index in [0.29, 0.717) is 6.54 Å². The van der Waals surface area contributed by atoms with Crippen molar-refractivity contribution < 1.29 is 9.90 Å². The minimum atomic E-state index is -0.960. The normalized spacial score (nSPS) is 12.3. The maximum atomic E-state index is 10.7. The summed E-state index contributed by atoms with van der Waals surface area (Å²) in [5.74, 6) is -0.960. The van der Waals surface area contributed by atoms with Crippen molar-refractivity contribution in [3.8, 4) is 0 Å². The van der Waals surface area contributed by atoms with Gasteiger partial charge in [0.15, 0.2) is 0 Å². The lowest BCUT2D eigenvalue weighted by Crippen LogP contribution is -2.18. The summed E-state index contributed by atoms with van der Waals surface area (Å²) in [6.07, 6.45) is 3.14. The van der Waals surface area contributed by atoms with Gasteiger partial charge in [-0.1, -0.05) is 0 Å². The van der Waals surface area contributed by atoms with Gasteiger partial charge in [-0.2, -0.15) is 0 Å². The van der Waals surface area contributed by atoms with Crippen LogP contribution in [0.15, 0.2) is 29.9 Å². The molecular formula is C12H13N3O2S. The molecular weight excluding hydrogens is 250 g/mol. The molecule has 0 aliphatic rings. The van der Waals surface area contributed by atoms with Gasteiger partial charge in [-0.15, -0.1) is 11.3 Å². The number of rotatable bonds is 5. The second-order valence-electron chi connectivity index (χ2n) is 3.82. The highest BCUT2D eigenvalue weighted by molar-refractivity contribution is 7.09. The van der Waals surface area contributed by atoms with Gasteiger partial charge < -0.3 is 10.4 Å². The molecule has 2 aromatic rings. The smallest absolute Gasteiger partial charge is 0.337 e. The second-order valence-corrected chi connectivity index (χ2v) is 4.74. The molecule has 0 spiro atoms. The van der Waals surface area contributed by atoms with Crippen molar-refractivity contribution in [3.63, 3.8) is 0 Å². The van der Waals surface area contributed by atoms with E-state index in [9.17, 15) is 4.79 Å². The van der Waals surface area contributed by atoms with Crippen LogP contribution in [0.2, 0.25) is 0 Å². The molecule has 0 bridgehead atoms. The first kappa shape index (κ1) is 12.7. The number of carboxylic acids is 1. The Balaban J connectivity index is 1.92. The molecule has 5 nitrogen and oxygen atoms in total. The monoisotopic (exact) mass is 263 g/mol. The lowest BCUT2D eigenvalue weighted by molar-refractivity contribution is 0.0696. The highest BCUT2D eigenvalue weighted by Gasteiger charge is 2.08. The quantitative estimate of drug-likeness (QED) is 0.864. The number of nitrogens with one attached hydrogen (secondary N) is 1. The molecule has 6 heteroatoms. The van der Waals surface area contributed by atoms with Crippen LogP contribution >= 0.6 is 11.3 Å². The lowest BCUT2D eigenvalue weighted by Gasteiger charge is -2.10. The third-order valence-electron chi connectivity index (χ3n) is 2.48. The van der Waals surface area contributed by atoms with E-state index in [1.54, 1.807) is 29.7 Å². The lowest BCUT2D eigenvalue weighted by atomic mass is 10.2. The average Bonchev–Trinajstić information content (AvgIpc) is 2.90. The van der Waals surface area contributed by atoms with E-state index in [0.717, 1.165) is 10.7 Å². The predicted octanol–water partition coefficient (Wildman–Crippen LogP) is 2.09. The van der Waals surface area contributed by atoms with Gasteiger partial charge in [-0.05, 0) is 19.1 Å². The first-order valence-corrected chi connectivity index (χ1v) is 6.36. The van der Waals surface area contributed by atoms with E-state index < -0.39 is 5.97 Å². The Labute approximate surface area is 109 Å². The first-order chi connectivity index (χ1) is 8.66. The van der Waals surface area contributed by atoms with Crippen LogP contribution in [0.1, 0.15) is 34.0 Å². The SMILES string of the molecule is CC(NCc1ccc(C(=O)O)cn1)c1nccs1.